The molecule has 2 heterocycles. The number of rotatable bonds is 8. The molecule has 0 aliphatic rings. The molecule has 44 heavy (non-hydrogen) atoms. The minimum absolute atomic E-state index is 0.215. The molecule has 0 saturated carbocycles. The molecule has 0 atom stereocenters. The molecule has 0 radical (unpaired) electrons. The lowest BCUT2D eigenvalue weighted by Crippen LogP contribution is -2.24. The third kappa shape index (κ3) is 6.98. The first-order valence-corrected chi connectivity index (χ1v) is 13.3. The molecule has 0 fully saturated rings. The van der Waals surface area contributed by atoms with Gasteiger partial charge in [0.05, 0.1) is 11.3 Å². The van der Waals surface area contributed by atoms with Crippen LogP contribution < -0.4 is 16.0 Å². The van der Waals surface area contributed by atoms with Gasteiger partial charge in [-0.3, -0.25) is 14.4 Å². The molecule has 5 aromatic rings. The number of aromatic nitrogens is 3. The Morgan fingerprint density at radius 1 is 0.818 bits per heavy atom. The summed E-state index contributed by atoms with van der Waals surface area (Å²) in [6, 6.07) is 21.1. The van der Waals surface area contributed by atoms with E-state index < -0.39 is 17.6 Å². The molecule has 0 aliphatic carbocycles. The molecule has 3 aromatic carbocycles. The molecule has 0 aliphatic heterocycles. The van der Waals surface area contributed by atoms with Crippen molar-refractivity contribution in [1.29, 1.82) is 0 Å². The summed E-state index contributed by atoms with van der Waals surface area (Å²) in [5.41, 5.74) is 2.66. The Labute approximate surface area is 249 Å². The fourth-order valence-corrected chi connectivity index (χ4v) is 4.43. The van der Waals surface area contributed by atoms with E-state index in [2.05, 4.69) is 25.9 Å². The predicted molar refractivity (Wildman–Crippen MR) is 158 cm³/mol. The average Bonchev–Trinajstić information content (AvgIpc) is 3.40. The van der Waals surface area contributed by atoms with Crippen molar-refractivity contribution in [2.24, 2.45) is 7.05 Å². The molecule has 222 valence electrons. The van der Waals surface area contributed by atoms with Gasteiger partial charge in [-0.05, 0) is 59.2 Å². The normalized spacial score (nSPS) is 11.1. The number of carbonyl (C=O) groups is 3. The summed E-state index contributed by atoms with van der Waals surface area (Å²) in [7, 11) is 1.66. The van der Waals surface area contributed by atoms with Crippen molar-refractivity contribution in [2.75, 3.05) is 10.6 Å². The van der Waals surface area contributed by atoms with E-state index >= 15 is 0 Å². The van der Waals surface area contributed by atoms with Crippen LogP contribution in [-0.4, -0.2) is 32.3 Å². The number of carbonyl (C=O) groups excluding carboxylic acids is 3. The fraction of sp³-hybridized carbons (Fsp3) is 0.0938. The maximum atomic E-state index is 13.2. The number of nitrogens with one attached hydrogen (secondary N) is 3. The van der Waals surface area contributed by atoms with E-state index in [4.69, 9.17) is 0 Å². The zero-order valence-electron chi connectivity index (χ0n) is 23.2. The van der Waals surface area contributed by atoms with Gasteiger partial charge in [-0.15, -0.1) is 0 Å². The molecule has 0 bridgehead atoms. The maximum absolute atomic E-state index is 13.2. The number of aryl methyl sites for hydroxylation is 1. The van der Waals surface area contributed by atoms with Crippen LogP contribution in [0.4, 0.5) is 24.5 Å². The lowest BCUT2D eigenvalue weighted by Gasteiger charge is -2.11. The minimum Gasteiger partial charge on any atom is -0.347 e. The smallest absolute Gasteiger partial charge is 0.347 e. The highest BCUT2D eigenvalue weighted by Crippen LogP contribution is 2.32. The van der Waals surface area contributed by atoms with Gasteiger partial charge in [0.1, 0.15) is 17.7 Å². The van der Waals surface area contributed by atoms with Gasteiger partial charge in [0.25, 0.3) is 17.7 Å². The maximum Gasteiger partial charge on any atom is 0.416 e. The Morgan fingerprint density at radius 3 is 2.20 bits per heavy atom. The number of nitrogens with zero attached hydrogens (tertiary/aromatic N) is 3. The lowest BCUT2D eigenvalue weighted by atomic mass is 9.98. The average molecular weight is 599 g/mol. The Kier molecular flexibility index (Phi) is 8.51. The first-order chi connectivity index (χ1) is 21.1. The van der Waals surface area contributed by atoms with E-state index in [9.17, 15) is 27.6 Å². The molecule has 0 saturated heterocycles. The van der Waals surface area contributed by atoms with Crippen molar-refractivity contribution in [3.05, 3.63) is 132 Å². The van der Waals surface area contributed by atoms with Crippen LogP contribution in [0, 0.1) is 0 Å². The van der Waals surface area contributed by atoms with Gasteiger partial charge in [0.2, 0.25) is 0 Å². The largest absolute Gasteiger partial charge is 0.416 e. The third-order valence-corrected chi connectivity index (χ3v) is 6.67. The number of halogens is 3. The van der Waals surface area contributed by atoms with Gasteiger partial charge < -0.3 is 20.5 Å². The lowest BCUT2D eigenvalue weighted by molar-refractivity contribution is -0.137. The van der Waals surface area contributed by atoms with Crippen molar-refractivity contribution >= 4 is 29.1 Å². The number of hydrogen-bond acceptors (Lipinski definition) is 5. The molecule has 3 amide bonds. The summed E-state index contributed by atoms with van der Waals surface area (Å²) >= 11 is 0. The van der Waals surface area contributed by atoms with E-state index in [1.54, 1.807) is 66.3 Å². The third-order valence-electron chi connectivity index (χ3n) is 6.67. The quantitative estimate of drug-likeness (QED) is 0.205. The minimum atomic E-state index is -4.46. The highest BCUT2D eigenvalue weighted by molar-refractivity contribution is 6.09. The molecule has 5 rings (SSSR count). The zero-order valence-corrected chi connectivity index (χ0v) is 23.2. The van der Waals surface area contributed by atoms with Crippen LogP contribution >= 0.6 is 0 Å². The number of anilines is 2. The molecule has 3 N–H and O–H groups in total. The van der Waals surface area contributed by atoms with Crippen molar-refractivity contribution in [2.45, 2.75) is 12.7 Å². The van der Waals surface area contributed by atoms with Gasteiger partial charge in [-0.25, -0.2) is 9.97 Å². The standard InChI is InChI=1S/C32H25F3N6O3/c1-41-18-24(40-29(42)26-5-3-2-4-25(26)21-8-10-22(11-9-21)32(33,34)35)16-28(41)31(44)37-17-20-6-12-23(13-7-20)39-30(43)27-14-15-36-19-38-27/h2-16,18-19H,17H2,1H3,(H,37,44)(H,39,43)(H,40,42). The number of benzene rings is 3. The molecule has 0 unspecified atom stereocenters. The van der Waals surface area contributed by atoms with E-state index in [0.717, 1.165) is 17.7 Å². The molecular formula is C32H25F3N6O3. The number of hydrogen-bond donors (Lipinski definition) is 3. The molecule has 2 aromatic heterocycles. The van der Waals surface area contributed by atoms with E-state index in [0.29, 0.717) is 28.2 Å². The first-order valence-electron chi connectivity index (χ1n) is 13.3. The van der Waals surface area contributed by atoms with Crippen LogP contribution in [0.5, 0.6) is 0 Å². The molecule has 0 spiro atoms. The molecule has 12 heteroatoms. The highest BCUT2D eigenvalue weighted by atomic mass is 19.4. The highest BCUT2D eigenvalue weighted by Gasteiger charge is 2.30. The van der Waals surface area contributed by atoms with Crippen LogP contribution in [0.25, 0.3) is 11.1 Å². The van der Waals surface area contributed by atoms with Crippen LogP contribution in [0.3, 0.4) is 0 Å². The van der Waals surface area contributed by atoms with Crippen LogP contribution in [0.2, 0.25) is 0 Å². The monoisotopic (exact) mass is 598 g/mol. The van der Waals surface area contributed by atoms with Crippen LogP contribution in [-0.2, 0) is 19.8 Å². The van der Waals surface area contributed by atoms with E-state index in [-0.39, 0.29) is 29.6 Å². The second-order valence-electron chi connectivity index (χ2n) is 9.73. The molecule has 9 nitrogen and oxygen atoms in total. The van der Waals surface area contributed by atoms with E-state index in [1.807, 2.05) is 0 Å². The van der Waals surface area contributed by atoms with Crippen LogP contribution in [0.1, 0.15) is 42.5 Å². The van der Waals surface area contributed by atoms with E-state index in [1.165, 1.54) is 36.8 Å². The van der Waals surface area contributed by atoms with Gasteiger partial charge >= 0.3 is 6.18 Å². The Bertz CT molecular complexity index is 1800. The summed E-state index contributed by atoms with van der Waals surface area (Å²) < 4.78 is 40.5. The molecular weight excluding hydrogens is 573 g/mol. The Morgan fingerprint density at radius 2 is 1.52 bits per heavy atom. The second kappa shape index (κ2) is 12.6. The topological polar surface area (TPSA) is 118 Å². The summed E-state index contributed by atoms with van der Waals surface area (Å²) in [6.07, 6.45) is -0.113. The van der Waals surface area contributed by atoms with Gasteiger partial charge in [0, 0.05) is 37.2 Å². The fourth-order valence-electron chi connectivity index (χ4n) is 4.43. The second-order valence-corrected chi connectivity index (χ2v) is 9.73. The number of amides is 3. The summed E-state index contributed by atoms with van der Waals surface area (Å²) in [5, 5.41) is 8.33. The SMILES string of the molecule is Cn1cc(NC(=O)c2ccccc2-c2ccc(C(F)(F)F)cc2)cc1C(=O)NCc1ccc(NC(=O)c2ccncn2)cc1. The summed E-state index contributed by atoms with van der Waals surface area (Å²) in [5.74, 6) is -1.23. The van der Waals surface area contributed by atoms with Gasteiger partial charge in [0.15, 0.2) is 0 Å². The van der Waals surface area contributed by atoms with Crippen molar-refractivity contribution in [3.63, 3.8) is 0 Å². The Balaban J connectivity index is 1.20. The van der Waals surface area contributed by atoms with Crippen LogP contribution in [0.15, 0.2) is 104 Å². The summed E-state index contributed by atoms with van der Waals surface area (Å²) in [4.78, 5) is 46.0. The van der Waals surface area contributed by atoms with Crippen molar-refractivity contribution in [3.8, 4) is 11.1 Å². The Hall–Kier alpha value is -5.78. The first kappa shape index (κ1) is 29.7. The van der Waals surface area contributed by atoms with Gasteiger partial charge in [-0.1, -0.05) is 42.5 Å². The van der Waals surface area contributed by atoms with Crippen molar-refractivity contribution < 1.29 is 27.6 Å². The zero-order chi connectivity index (χ0) is 31.3. The van der Waals surface area contributed by atoms with Gasteiger partial charge in [-0.2, -0.15) is 13.2 Å². The van der Waals surface area contributed by atoms with Crippen molar-refractivity contribution in [1.82, 2.24) is 19.9 Å². The summed E-state index contributed by atoms with van der Waals surface area (Å²) in [6.45, 7) is 0.215. The predicted octanol–water partition coefficient (Wildman–Crippen LogP) is 5.94. The number of alkyl halides is 3.